The number of rotatable bonds is 9. The number of aromatic hydroxyl groups is 1. The molecule has 1 amide bonds. The Morgan fingerprint density at radius 1 is 0.919 bits per heavy atom. The number of nitrogens with two attached hydrogens (primary N) is 4. The molecular weight excluding hydrogens is 494 g/mol. The van der Waals surface area contributed by atoms with Crippen LogP contribution in [0.2, 0.25) is 0 Å². The summed E-state index contributed by atoms with van der Waals surface area (Å²) in [6.45, 7) is 2.28. The van der Waals surface area contributed by atoms with Crippen LogP contribution in [0.5, 0.6) is 5.75 Å². The first-order chi connectivity index (χ1) is 17.1. The summed E-state index contributed by atoms with van der Waals surface area (Å²) in [6, 6.07) is 3.45. The zero-order valence-electron chi connectivity index (χ0n) is 20.4. The Hall–Kier alpha value is -3.79. The Kier molecular flexibility index (Phi) is 18.6. The number of hydrogen-bond acceptors (Lipinski definition) is 10. The number of aliphatic carboxylic acids is 4. The lowest BCUT2D eigenvalue weighted by molar-refractivity contribution is -0.139. The van der Waals surface area contributed by atoms with Crippen LogP contribution < -0.4 is 28.3 Å². The van der Waals surface area contributed by atoms with Gasteiger partial charge >= 0.3 is 23.9 Å². The molecule has 0 radical (unpaired) electrons. The summed E-state index contributed by atoms with van der Waals surface area (Å²) in [7, 11) is 0. The molecule has 1 saturated heterocycles. The zero-order valence-corrected chi connectivity index (χ0v) is 20.4. The molecule has 0 aliphatic carbocycles. The molecule has 0 aromatic heterocycles. The molecule has 210 valence electrons. The van der Waals surface area contributed by atoms with E-state index in [1.807, 2.05) is 0 Å². The van der Waals surface area contributed by atoms with Gasteiger partial charge in [0.25, 0.3) is 0 Å². The topological polar surface area (TPSA) is 303 Å². The van der Waals surface area contributed by atoms with Crippen molar-refractivity contribution in [2.75, 3.05) is 6.54 Å². The van der Waals surface area contributed by atoms with Gasteiger partial charge in [0.1, 0.15) is 29.9 Å². The highest BCUT2D eigenvalue weighted by molar-refractivity contribution is 5.77. The van der Waals surface area contributed by atoms with Gasteiger partial charge in [-0.3, -0.25) is 24.0 Å². The normalized spacial score (nSPS) is 16.1. The second-order valence-corrected chi connectivity index (χ2v) is 7.88. The van der Waals surface area contributed by atoms with E-state index in [0.29, 0.717) is 0 Å². The SMILES string of the molecule is C[C@H](N)C(=O)O.NC(=O)CC[C@H](N)C(=O)O.N[C@@H](Cc1ccc(O)cc1)C(=O)O.O=C(O)[C@@H]1CCCN1. The Bertz CT molecular complexity index is 858. The zero-order chi connectivity index (χ0) is 29.1. The van der Waals surface area contributed by atoms with Gasteiger partial charge in [0.15, 0.2) is 0 Å². The van der Waals surface area contributed by atoms with Crippen LogP contribution in [0, 0.1) is 0 Å². The van der Waals surface area contributed by atoms with Gasteiger partial charge in [0.2, 0.25) is 5.91 Å². The Morgan fingerprint density at radius 2 is 1.41 bits per heavy atom. The molecule has 15 nitrogen and oxygen atoms in total. The Labute approximate surface area is 213 Å². The summed E-state index contributed by atoms with van der Waals surface area (Å²) in [6.07, 6.45) is 2.18. The molecule has 0 saturated carbocycles. The van der Waals surface area contributed by atoms with Gasteiger partial charge in [-0.25, -0.2) is 0 Å². The van der Waals surface area contributed by atoms with E-state index in [1.54, 1.807) is 12.1 Å². The molecule has 37 heavy (non-hydrogen) atoms. The number of nitrogens with one attached hydrogen (secondary N) is 1. The maximum atomic E-state index is 10.4. The number of benzene rings is 1. The van der Waals surface area contributed by atoms with E-state index in [0.717, 1.165) is 24.9 Å². The molecule has 2 rings (SSSR count). The number of carbonyl (C=O) groups excluding carboxylic acids is 1. The lowest BCUT2D eigenvalue weighted by Crippen LogP contribution is -2.32. The third-order valence-corrected chi connectivity index (χ3v) is 4.48. The third kappa shape index (κ3) is 20.1. The highest BCUT2D eigenvalue weighted by Gasteiger charge is 2.20. The second-order valence-electron chi connectivity index (χ2n) is 7.88. The number of carboxylic acid groups (broad SMARTS) is 4. The fourth-order valence-electron chi connectivity index (χ4n) is 2.29. The molecule has 1 aliphatic rings. The van der Waals surface area contributed by atoms with E-state index in [-0.39, 0.29) is 31.1 Å². The fraction of sp³-hybridized carbons (Fsp3) is 0.500. The van der Waals surface area contributed by atoms with Crippen LogP contribution in [-0.4, -0.2) is 86.0 Å². The first-order valence-corrected chi connectivity index (χ1v) is 11.1. The van der Waals surface area contributed by atoms with E-state index >= 15 is 0 Å². The first kappa shape index (κ1) is 35.4. The number of hydrogen-bond donors (Lipinski definition) is 10. The minimum Gasteiger partial charge on any atom is -0.508 e. The van der Waals surface area contributed by atoms with Crippen molar-refractivity contribution in [3.63, 3.8) is 0 Å². The average molecular weight is 532 g/mol. The lowest BCUT2D eigenvalue weighted by atomic mass is 10.1. The molecule has 14 N–H and O–H groups in total. The molecule has 4 atom stereocenters. The van der Waals surface area contributed by atoms with Crippen LogP contribution in [0.4, 0.5) is 0 Å². The monoisotopic (exact) mass is 531 g/mol. The van der Waals surface area contributed by atoms with Gasteiger partial charge < -0.3 is 53.8 Å². The van der Waals surface area contributed by atoms with E-state index in [1.165, 1.54) is 19.1 Å². The molecule has 1 fully saturated rings. The highest BCUT2D eigenvalue weighted by Crippen LogP contribution is 2.10. The maximum absolute atomic E-state index is 10.4. The predicted octanol–water partition coefficient (Wildman–Crippen LogP) is -1.75. The van der Waals surface area contributed by atoms with Gasteiger partial charge in [-0.2, -0.15) is 0 Å². The molecule has 1 heterocycles. The van der Waals surface area contributed by atoms with Crippen LogP contribution in [0.3, 0.4) is 0 Å². The Morgan fingerprint density at radius 3 is 1.70 bits per heavy atom. The maximum Gasteiger partial charge on any atom is 0.320 e. The van der Waals surface area contributed by atoms with Crippen molar-refractivity contribution in [1.29, 1.82) is 0 Å². The van der Waals surface area contributed by atoms with Crippen LogP contribution in [0.15, 0.2) is 24.3 Å². The summed E-state index contributed by atoms with van der Waals surface area (Å²) >= 11 is 0. The van der Waals surface area contributed by atoms with E-state index in [9.17, 15) is 24.0 Å². The second kappa shape index (κ2) is 19.4. The van der Waals surface area contributed by atoms with Crippen molar-refractivity contribution in [3.8, 4) is 5.75 Å². The van der Waals surface area contributed by atoms with Gasteiger partial charge in [-0.1, -0.05) is 12.1 Å². The molecule has 1 aromatic rings. The van der Waals surface area contributed by atoms with E-state index in [2.05, 4.69) is 5.32 Å². The summed E-state index contributed by atoms with van der Waals surface area (Å²) in [4.78, 5) is 50.2. The molecular formula is C22H37N5O10. The largest absolute Gasteiger partial charge is 0.508 e. The molecule has 0 bridgehead atoms. The summed E-state index contributed by atoms with van der Waals surface area (Å²) in [5, 5.41) is 44.8. The van der Waals surface area contributed by atoms with Crippen molar-refractivity contribution in [1.82, 2.24) is 5.32 Å². The van der Waals surface area contributed by atoms with Crippen LogP contribution in [0.25, 0.3) is 0 Å². The van der Waals surface area contributed by atoms with Gasteiger partial charge in [0.05, 0.1) is 0 Å². The number of amides is 1. The molecule has 1 aliphatic heterocycles. The Balaban J connectivity index is 0. The quantitative estimate of drug-likeness (QED) is 0.169. The summed E-state index contributed by atoms with van der Waals surface area (Å²) < 4.78 is 0. The number of primary amides is 1. The molecule has 1 aromatic carbocycles. The number of phenols is 1. The van der Waals surface area contributed by atoms with Gasteiger partial charge in [-0.05, 0) is 56.8 Å². The minimum absolute atomic E-state index is 0.0213. The smallest absolute Gasteiger partial charge is 0.320 e. The lowest BCUT2D eigenvalue weighted by Gasteiger charge is -2.05. The number of phenolic OH excluding ortho intramolecular Hbond substituents is 1. The van der Waals surface area contributed by atoms with Crippen LogP contribution in [0.1, 0.15) is 38.2 Å². The van der Waals surface area contributed by atoms with Crippen molar-refractivity contribution in [3.05, 3.63) is 29.8 Å². The van der Waals surface area contributed by atoms with Crippen molar-refractivity contribution in [2.24, 2.45) is 22.9 Å². The summed E-state index contributed by atoms with van der Waals surface area (Å²) in [5.74, 6) is -4.18. The number of carboxylic acids is 4. The van der Waals surface area contributed by atoms with Crippen molar-refractivity contribution >= 4 is 29.8 Å². The standard InChI is InChI=1S/C9H11NO3.C5H10N2O3.C5H9NO2.C3H7NO2/c10-8(9(12)13)5-6-1-3-7(11)4-2-6;6-3(5(9)10)1-2-4(7)8;7-5(8)4-2-1-3-6-4;1-2(4)3(5)6/h1-4,8,11H,5,10H2,(H,12,13);3H,1-2,6H2,(H2,7,8)(H,9,10);4,6H,1-3H2,(H,7,8);2H,4H2,1H3,(H,5,6)/t8-;3-;4-;2-/m0000/s1. The van der Waals surface area contributed by atoms with Gasteiger partial charge in [-0.15, -0.1) is 0 Å². The average Bonchev–Trinajstić information content (AvgIpc) is 3.35. The minimum atomic E-state index is -1.11. The van der Waals surface area contributed by atoms with E-state index in [4.69, 9.17) is 48.5 Å². The van der Waals surface area contributed by atoms with Crippen molar-refractivity contribution in [2.45, 2.75) is 63.2 Å². The number of carbonyl (C=O) groups is 5. The molecule has 15 heteroatoms. The van der Waals surface area contributed by atoms with Crippen LogP contribution >= 0.6 is 0 Å². The fourth-order valence-corrected chi connectivity index (χ4v) is 2.29. The van der Waals surface area contributed by atoms with Gasteiger partial charge in [0, 0.05) is 6.42 Å². The van der Waals surface area contributed by atoms with Crippen molar-refractivity contribution < 1.29 is 49.5 Å². The first-order valence-electron chi connectivity index (χ1n) is 11.1. The van der Waals surface area contributed by atoms with Crippen LogP contribution in [-0.2, 0) is 30.4 Å². The third-order valence-electron chi connectivity index (χ3n) is 4.48. The molecule has 0 spiro atoms. The van der Waals surface area contributed by atoms with E-state index < -0.39 is 47.9 Å². The molecule has 0 unspecified atom stereocenters. The highest BCUT2D eigenvalue weighted by atomic mass is 16.4. The predicted molar refractivity (Wildman–Crippen MR) is 131 cm³/mol. The summed E-state index contributed by atoms with van der Waals surface area (Å²) in [5.41, 5.74) is 20.8.